The van der Waals surface area contributed by atoms with Crippen LogP contribution in [-0.2, 0) is 6.54 Å². The number of piperidine rings is 1. The fourth-order valence-electron chi connectivity index (χ4n) is 5.49. The average Bonchev–Trinajstić information content (AvgIpc) is 2.88. The molecule has 5 nitrogen and oxygen atoms in total. The summed E-state index contributed by atoms with van der Waals surface area (Å²) in [7, 11) is 0. The van der Waals surface area contributed by atoms with Gasteiger partial charge in [-0.15, -0.1) is 0 Å². The van der Waals surface area contributed by atoms with Gasteiger partial charge in [-0.25, -0.2) is 9.37 Å². The highest BCUT2D eigenvalue weighted by atomic mass is 35.5. The van der Waals surface area contributed by atoms with E-state index in [1.54, 1.807) is 24.4 Å². The van der Waals surface area contributed by atoms with Crippen LogP contribution in [0.3, 0.4) is 0 Å². The lowest BCUT2D eigenvalue weighted by Crippen LogP contribution is -2.58. The molecule has 0 bridgehead atoms. The first-order chi connectivity index (χ1) is 18.1. The quantitative estimate of drug-likeness (QED) is 0.261. The van der Waals surface area contributed by atoms with Gasteiger partial charge in [0.25, 0.3) is 0 Å². The maximum absolute atomic E-state index is 14.2. The van der Waals surface area contributed by atoms with Crippen molar-refractivity contribution >= 4 is 34.7 Å². The summed E-state index contributed by atoms with van der Waals surface area (Å²) in [5.41, 5.74) is 1.30. The van der Waals surface area contributed by atoms with E-state index in [0.29, 0.717) is 45.7 Å². The van der Waals surface area contributed by atoms with E-state index in [1.165, 1.54) is 6.07 Å². The van der Waals surface area contributed by atoms with Gasteiger partial charge in [0, 0.05) is 61.8 Å². The molecule has 1 aromatic heterocycles. The van der Waals surface area contributed by atoms with E-state index in [1.807, 2.05) is 0 Å². The van der Waals surface area contributed by atoms with Gasteiger partial charge >= 0.3 is 6.18 Å². The monoisotopic (exact) mass is 575 g/mol. The maximum Gasteiger partial charge on any atom is 0.389 e. The third-order valence-electron chi connectivity index (χ3n) is 7.52. The average molecular weight is 577 g/mol. The van der Waals surface area contributed by atoms with Crippen molar-refractivity contribution in [2.75, 3.05) is 49.5 Å². The van der Waals surface area contributed by atoms with E-state index >= 15 is 0 Å². The molecule has 11 heteroatoms. The highest BCUT2D eigenvalue weighted by Gasteiger charge is 2.34. The zero-order valence-electron chi connectivity index (χ0n) is 21.6. The number of nitrogens with one attached hydrogen (secondary N) is 1. The lowest BCUT2D eigenvalue weighted by molar-refractivity contribution is -0.134. The molecule has 2 aliphatic rings. The lowest BCUT2D eigenvalue weighted by Gasteiger charge is -2.47. The summed E-state index contributed by atoms with van der Waals surface area (Å²) in [5, 5.41) is 3.89. The van der Waals surface area contributed by atoms with Gasteiger partial charge in [-0.3, -0.25) is 9.80 Å². The Morgan fingerprint density at radius 3 is 2.50 bits per heavy atom. The summed E-state index contributed by atoms with van der Waals surface area (Å²) in [5.74, 6) is 0.463. The molecule has 2 aliphatic heterocycles. The van der Waals surface area contributed by atoms with Gasteiger partial charge in [0.05, 0.1) is 16.9 Å². The highest BCUT2D eigenvalue weighted by Crippen LogP contribution is 2.31. The number of nitrogens with zero attached hydrogens (tertiary/aromatic N) is 4. The molecule has 2 fully saturated rings. The Morgan fingerprint density at radius 2 is 1.84 bits per heavy atom. The van der Waals surface area contributed by atoms with Crippen molar-refractivity contribution in [2.24, 2.45) is 0 Å². The molecule has 38 heavy (non-hydrogen) atoms. The van der Waals surface area contributed by atoms with Crippen molar-refractivity contribution in [1.29, 1.82) is 0 Å². The first kappa shape index (κ1) is 29.2. The molecule has 0 aliphatic carbocycles. The second-order valence-electron chi connectivity index (χ2n) is 10.2. The highest BCUT2D eigenvalue weighted by molar-refractivity contribution is 6.33. The van der Waals surface area contributed by atoms with Crippen LogP contribution in [0.4, 0.5) is 29.1 Å². The zero-order chi connectivity index (χ0) is 27.3. The normalized spacial score (nSPS) is 20.2. The van der Waals surface area contributed by atoms with Crippen LogP contribution >= 0.6 is 23.2 Å². The van der Waals surface area contributed by atoms with Gasteiger partial charge in [0.1, 0.15) is 11.6 Å². The summed E-state index contributed by atoms with van der Waals surface area (Å²) >= 11 is 12.4. The van der Waals surface area contributed by atoms with Crippen molar-refractivity contribution < 1.29 is 17.6 Å². The minimum atomic E-state index is -4.15. The number of aromatic nitrogens is 1. The SMILES string of the molecule is CC[C@H]1CN(c2ncc(NCCCC(F)(F)F)cc2Cl)CCN1C1CCN(Cc2ccc(Cl)cc2F)CC1. The number of anilines is 2. The maximum atomic E-state index is 14.2. The van der Waals surface area contributed by atoms with Crippen LogP contribution in [-0.4, -0.2) is 72.3 Å². The number of rotatable bonds is 9. The van der Waals surface area contributed by atoms with E-state index in [2.05, 4.69) is 31.9 Å². The van der Waals surface area contributed by atoms with Gasteiger partial charge in [-0.05, 0) is 57.0 Å². The Hall–Kier alpha value is -1.81. The molecule has 0 saturated carbocycles. The molecule has 0 radical (unpaired) electrons. The number of hydrogen-bond donors (Lipinski definition) is 1. The zero-order valence-corrected chi connectivity index (χ0v) is 23.1. The van der Waals surface area contributed by atoms with Gasteiger partial charge in [0.15, 0.2) is 0 Å². The van der Waals surface area contributed by atoms with Crippen LogP contribution in [0.15, 0.2) is 30.5 Å². The number of pyridine rings is 1. The predicted molar refractivity (Wildman–Crippen MR) is 146 cm³/mol. The Balaban J connectivity index is 1.28. The van der Waals surface area contributed by atoms with Crippen molar-refractivity contribution in [3.63, 3.8) is 0 Å². The summed E-state index contributed by atoms with van der Waals surface area (Å²) in [4.78, 5) is 11.7. The van der Waals surface area contributed by atoms with Crippen LogP contribution in [0, 0.1) is 5.82 Å². The number of hydrogen-bond acceptors (Lipinski definition) is 5. The first-order valence-electron chi connectivity index (χ1n) is 13.3. The molecule has 0 amide bonds. The second-order valence-corrected chi connectivity index (χ2v) is 11.0. The van der Waals surface area contributed by atoms with Gasteiger partial charge in [0.2, 0.25) is 0 Å². The summed E-state index contributed by atoms with van der Waals surface area (Å²) < 4.78 is 51.3. The third-order valence-corrected chi connectivity index (χ3v) is 8.04. The van der Waals surface area contributed by atoms with E-state index < -0.39 is 12.6 Å². The van der Waals surface area contributed by atoms with Crippen molar-refractivity contribution in [3.05, 3.63) is 51.9 Å². The summed E-state index contributed by atoms with van der Waals surface area (Å²) in [6.45, 7) is 7.38. The number of likely N-dealkylation sites (tertiary alicyclic amines) is 1. The molecular formula is C27H35Cl2F4N5. The standard InChI is InChI=1S/C27H35Cl2F4N5/c1-2-22-18-37(26-24(29)15-21(16-35-26)34-9-3-8-27(31,32)33)12-13-38(22)23-6-10-36(11-7-23)17-19-4-5-20(28)14-25(19)30/h4-5,14-16,22-23,34H,2-3,6-13,17-18H2,1H3/t22-/m0/s1. The van der Waals surface area contributed by atoms with Gasteiger partial charge in [-0.1, -0.05) is 36.2 Å². The lowest BCUT2D eigenvalue weighted by atomic mass is 9.97. The summed E-state index contributed by atoms with van der Waals surface area (Å²) in [6.07, 6.45) is -0.238. The molecule has 0 unspecified atom stereocenters. The predicted octanol–water partition coefficient (Wildman–Crippen LogP) is 6.85. The molecule has 2 aromatic rings. The smallest absolute Gasteiger partial charge is 0.384 e. The van der Waals surface area contributed by atoms with Crippen molar-refractivity contribution in [3.8, 4) is 0 Å². The second kappa shape index (κ2) is 13.0. The molecule has 210 valence electrons. The minimum absolute atomic E-state index is 0.0000482. The number of alkyl halides is 3. The first-order valence-corrected chi connectivity index (χ1v) is 14.0. The number of benzene rings is 1. The van der Waals surface area contributed by atoms with Crippen LogP contribution in [0.25, 0.3) is 0 Å². The van der Waals surface area contributed by atoms with E-state index in [9.17, 15) is 17.6 Å². The third kappa shape index (κ3) is 7.87. The van der Waals surface area contributed by atoms with Crippen molar-refractivity contribution in [1.82, 2.24) is 14.8 Å². The summed E-state index contributed by atoms with van der Waals surface area (Å²) in [6, 6.07) is 7.48. The Labute approximate surface area is 232 Å². The molecule has 2 saturated heterocycles. The van der Waals surface area contributed by atoms with Crippen LogP contribution in [0.1, 0.15) is 44.6 Å². The largest absolute Gasteiger partial charge is 0.389 e. The van der Waals surface area contributed by atoms with Gasteiger partial charge in [-0.2, -0.15) is 13.2 Å². The van der Waals surface area contributed by atoms with E-state index in [4.69, 9.17) is 23.2 Å². The van der Waals surface area contributed by atoms with Crippen LogP contribution < -0.4 is 10.2 Å². The molecule has 0 spiro atoms. The topological polar surface area (TPSA) is 34.6 Å². The fraction of sp³-hybridized carbons (Fsp3) is 0.593. The fourth-order valence-corrected chi connectivity index (χ4v) is 5.93. The molecular weight excluding hydrogens is 541 g/mol. The molecule has 4 rings (SSSR count). The minimum Gasteiger partial charge on any atom is -0.384 e. The Bertz CT molecular complexity index is 1060. The van der Waals surface area contributed by atoms with Gasteiger partial charge < -0.3 is 10.2 Å². The molecule has 1 atom stereocenters. The number of piperazine rings is 1. The van der Waals surface area contributed by atoms with Crippen molar-refractivity contribution in [2.45, 2.75) is 63.8 Å². The Morgan fingerprint density at radius 1 is 1.08 bits per heavy atom. The van der Waals surface area contributed by atoms with Crippen LogP contribution in [0.2, 0.25) is 10.0 Å². The molecule has 3 heterocycles. The number of halogens is 6. The Kier molecular flexibility index (Phi) is 10.0. The van der Waals surface area contributed by atoms with Crippen LogP contribution in [0.5, 0.6) is 0 Å². The molecule has 1 N–H and O–H groups in total. The van der Waals surface area contributed by atoms with E-state index in [0.717, 1.165) is 52.0 Å². The molecule has 1 aromatic carbocycles. The van der Waals surface area contributed by atoms with E-state index in [-0.39, 0.29) is 18.8 Å².